The van der Waals surface area contributed by atoms with Crippen molar-refractivity contribution >= 4 is 57.3 Å². The van der Waals surface area contributed by atoms with Gasteiger partial charge in [-0.2, -0.15) is 0 Å². The van der Waals surface area contributed by atoms with E-state index in [9.17, 15) is 25.0 Å². The Morgan fingerprint density at radius 2 is 1.67 bits per heavy atom. The Morgan fingerprint density at radius 3 is 1.75 bits per heavy atom. The second kappa shape index (κ2) is 6.39. The van der Waals surface area contributed by atoms with Gasteiger partial charge in [-0.15, -0.1) is 0 Å². The first-order chi connectivity index (χ1) is 5.00. The molecule has 0 aromatic carbocycles. The summed E-state index contributed by atoms with van der Waals surface area (Å²) in [5.41, 5.74) is 1.31. The van der Waals surface area contributed by atoms with Crippen LogP contribution in [0.25, 0.3) is 0 Å². The molecule has 0 rings (SSSR count). The van der Waals surface area contributed by atoms with Gasteiger partial charge in [0.1, 0.15) is 9.85 Å². The molecule has 0 aliphatic carbocycles. The zero-order valence-corrected chi connectivity index (χ0v) is 5.09. The van der Waals surface area contributed by atoms with Crippen molar-refractivity contribution in [2.45, 2.75) is 6.17 Å². The molecule has 0 saturated heterocycles. The number of carbonyl (C=O) groups excluding carboxylic acids is 1. The van der Waals surface area contributed by atoms with Crippen LogP contribution >= 0.6 is 0 Å². The summed E-state index contributed by atoms with van der Waals surface area (Å²) >= 11 is 0. The summed E-state index contributed by atoms with van der Waals surface area (Å²) in [6, 6.07) is 0. The molecular formula is C2H5KN4O5. The molecule has 0 aliphatic heterocycles. The number of hydrazine groups is 1. The van der Waals surface area contributed by atoms with Gasteiger partial charge in [-0.05, 0) is 0 Å². The number of rotatable bonds is 3. The standard InChI is InChI=1S/C2H4N4O5.K.H/c3-4-1(7)2(5(8)9)6(10)11;;/h2H,3H2,(H,4,7);;. The summed E-state index contributed by atoms with van der Waals surface area (Å²) in [5.74, 6) is 2.98. The monoisotopic (exact) mass is 204 g/mol. The van der Waals surface area contributed by atoms with Crippen molar-refractivity contribution in [2.75, 3.05) is 0 Å². The van der Waals surface area contributed by atoms with Crippen LogP contribution in [0.5, 0.6) is 0 Å². The van der Waals surface area contributed by atoms with Crippen LogP contribution < -0.4 is 11.3 Å². The molecule has 0 unspecified atom stereocenters. The Morgan fingerprint density at radius 1 is 1.33 bits per heavy atom. The van der Waals surface area contributed by atoms with Crippen LogP contribution in [-0.2, 0) is 4.79 Å². The molecule has 0 saturated carbocycles. The van der Waals surface area contributed by atoms with Crippen LogP contribution in [-0.4, -0.2) is 73.3 Å². The molecule has 64 valence electrons. The molecule has 12 heavy (non-hydrogen) atoms. The second-order valence-corrected chi connectivity index (χ2v) is 1.45. The third-order valence-electron chi connectivity index (χ3n) is 0.776. The predicted octanol–water partition coefficient (Wildman–Crippen LogP) is -2.79. The quantitative estimate of drug-likeness (QED) is 0.127. The number of nitro groups is 2. The number of nitrogens with zero attached hydrogens (tertiary/aromatic N) is 2. The molecule has 9 nitrogen and oxygen atoms in total. The van der Waals surface area contributed by atoms with E-state index in [-0.39, 0.29) is 51.4 Å². The number of nitrogens with two attached hydrogens (primary N) is 1. The van der Waals surface area contributed by atoms with Gasteiger partial charge < -0.3 is 0 Å². The van der Waals surface area contributed by atoms with Gasteiger partial charge in [0.2, 0.25) is 0 Å². The van der Waals surface area contributed by atoms with Gasteiger partial charge in [0.15, 0.2) is 0 Å². The molecule has 0 aromatic heterocycles. The van der Waals surface area contributed by atoms with Gasteiger partial charge in [-0.25, -0.2) is 5.84 Å². The molecule has 0 atom stereocenters. The van der Waals surface area contributed by atoms with E-state index in [0.717, 1.165) is 0 Å². The Balaban J connectivity index is 0. The molecule has 0 radical (unpaired) electrons. The van der Waals surface area contributed by atoms with E-state index < -0.39 is 21.9 Å². The molecule has 0 heterocycles. The van der Waals surface area contributed by atoms with Gasteiger partial charge in [0.25, 0.3) is 0 Å². The molecule has 0 aromatic rings. The number of amides is 1. The average Bonchev–Trinajstić information content (AvgIpc) is 1.85. The van der Waals surface area contributed by atoms with E-state index in [1.807, 2.05) is 0 Å². The van der Waals surface area contributed by atoms with Crippen LogP contribution in [0.4, 0.5) is 0 Å². The molecular weight excluding hydrogens is 199 g/mol. The zero-order chi connectivity index (χ0) is 9.02. The van der Waals surface area contributed by atoms with Crippen LogP contribution in [0.1, 0.15) is 0 Å². The minimum atomic E-state index is -2.53. The van der Waals surface area contributed by atoms with Gasteiger partial charge in [-0.3, -0.25) is 30.4 Å². The topological polar surface area (TPSA) is 141 Å². The van der Waals surface area contributed by atoms with Crippen LogP contribution in [0.15, 0.2) is 0 Å². The van der Waals surface area contributed by atoms with Crippen molar-refractivity contribution in [3.05, 3.63) is 20.2 Å². The summed E-state index contributed by atoms with van der Waals surface area (Å²) < 4.78 is 0. The van der Waals surface area contributed by atoms with Crippen LogP contribution in [0.2, 0.25) is 0 Å². The van der Waals surface area contributed by atoms with E-state index in [4.69, 9.17) is 0 Å². The van der Waals surface area contributed by atoms with Crippen LogP contribution in [0, 0.1) is 20.2 Å². The third kappa shape index (κ3) is 4.03. The van der Waals surface area contributed by atoms with Crippen molar-refractivity contribution in [1.29, 1.82) is 0 Å². The van der Waals surface area contributed by atoms with E-state index in [2.05, 4.69) is 5.84 Å². The van der Waals surface area contributed by atoms with E-state index >= 15 is 0 Å². The van der Waals surface area contributed by atoms with E-state index in [1.54, 1.807) is 0 Å². The number of nitrogens with one attached hydrogen (secondary N) is 1. The summed E-state index contributed by atoms with van der Waals surface area (Å²) in [7, 11) is 0. The maximum atomic E-state index is 10.3. The van der Waals surface area contributed by atoms with Gasteiger partial charge in [0, 0.05) is 0 Å². The first-order valence-electron chi connectivity index (χ1n) is 2.28. The fourth-order valence-electron chi connectivity index (χ4n) is 0.343. The molecule has 3 N–H and O–H groups in total. The van der Waals surface area contributed by atoms with Gasteiger partial charge >= 0.3 is 63.5 Å². The van der Waals surface area contributed by atoms with Gasteiger partial charge in [-0.1, -0.05) is 0 Å². The van der Waals surface area contributed by atoms with E-state index in [1.165, 1.54) is 5.43 Å². The van der Waals surface area contributed by atoms with Crippen molar-refractivity contribution in [1.82, 2.24) is 5.43 Å². The van der Waals surface area contributed by atoms with Crippen molar-refractivity contribution in [2.24, 2.45) is 5.84 Å². The van der Waals surface area contributed by atoms with Crippen molar-refractivity contribution in [3.8, 4) is 0 Å². The first-order valence-corrected chi connectivity index (χ1v) is 2.28. The molecule has 1 amide bonds. The molecule has 0 spiro atoms. The summed E-state index contributed by atoms with van der Waals surface area (Å²) in [6.45, 7) is 0. The van der Waals surface area contributed by atoms with Crippen molar-refractivity contribution < 1.29 is 14.6 Å². The SMILES string of the molecule is NNC(=O)C([N+](=O)[O-])[N+](=O)[O-].[KH]. The first kappa shape index (κ1) is 14.4. The summed E-state index contributed by atoms with van der Waals surface area (Å²) in [6.07, 6.45) is -2.53. The molecule has 0 fully saturated rings. The van der Waals surface area contributed by atoms with Gasteiger partial charge in [0.05, 0.1) is 0 Å². The summed E-state index contributed by atoms with van der Waals surface area (Å²) in [5, 5.41) is 19.6. The summed E-state index contributed by atoms with van der Waals surface area (Å²) in [4.78, 5) is 27.2. The number of carbonyl (C=O) groups is 1. The Bertz CT molecular complexity index is 192. The second-order valence-electron chi connectivity index (χ2n) is 1.45. The third-order valence-corrected chi connectivity index (χ3v) is 0.776. The normalized spacial score (nSPS) is 8.50. The Hall–Kier alpha value is -0.134. The predicted molar refractivity (Wildman–Crippen MR) is 37.3 cm³/mol. The molecule has 0 bridgehead atoms. The Labute approximate surface area is 108 Å². The fourth-order valence-corrected chi connectivity index (χ4v) is 0.343. The average molecular weight is 204 g/mol. The van der Waals surface area contributed by atoms with Crippen molar-refractivity contribution in [3.63, 3.8) is 0 Å². The Kier molecular flexibility index (Phi) is 7.66. The van der Waals surface area contributed by atoms with Crippen LogP contribution in [0.3, 0.4) is 0 Å². The molecule has 0 aliphatic rings. The zero-order valence-electron chi connectivity index (χ0n) is 5.09. The number of hydrogen-bond donors (Lipinski definition) is 2. The van der Waals surface area contributed by atoms with E-state index in [0.29, 0.717) is 0 Å². The number of hydrogen-bond acceptors (Lipinski definition) is 6. The molecule has 10 heteroatoms. The minimum absolute atomic E-state index is 0. The maximum absolute atomic E-state index is 10.3. The fraction of sp³-hybridized carbons (Fsp3) is 0.500.